The average Bonchev–Trinajstić information content (AvgIpc) is 3.13. The van der Waals surface area contributed by atoms with Gasteiger partial charge in [0.25, 0.3) is 5.91 Å². The van der Waals surface area contributed by atoms with Gasteiger partial charge < -0.3 is 24.4 Å². The van der Waals surface area contributed by atoms with Crippen molar-refractivity contribution in [2.45, 2.75) is 0 Å². The topological polar surface area (TPSA) is 96.8 Å². The summed E-state index contributed by atoms with van der Waals surface area (Å²) in [5.74, 6) is 1.12. The van der Waals surface area contributed by atoms with E-state index in [1.165, 1.54) is 21.3 Å². The first-order valence-electron chi connectivity index (χ1n) is 7.75. The molecule has 0 radical (unpaired) electrons. The molecule has 3 aromatic rings. The maximum absolute atomic E-state index is 11.9. The van der Waals surface area contributed by atoms with Crippen molar-refractivity contribution in [2.75, 3.05) is 21.3 Å². The molecule has 1 aromatic heterocycles. The van der Waals surface area contributed by atoms with Gasteiger partial charge in [-0.25, -0.2) is 4.98 Å². The van der Waals surface area contributed by atoms with Crippen LogP contribution in [-0.2, 0) is 0 Å². The van der Waals surface area contributed by atoms with Crippen LogP contribution in [0.2, 0.25) is 0 Å². The van der Waals surface area contributed by atoms with Gasteiger partial charge in [-0.1, -0.05) is 18.2 Å². The zero-order valence-corrected chi connectivity index (χ0v) is 14.6. The summed E-state index contributed by atoms with van der Waals surface area (Å²) in [6.45, 7) is 0. The number of methoxy groups -OCH3 is 3. The molecule has 26 heavy (non-hydrogen) atoms. The van der Waals surface area contributed by atoms with Crippen molar-refractivity contribution >= 4 is 5.91 Å². The molecule has 0 saturated carbocycles. The summed E-state index contributed by atoms with van der Waals surface area (Å²) in [6, 6.07) is 12.6. The summed E-state index contributed by atoms with van der Waals surface area (Å²) >= 11 is 0. The van der Waals surface area contributed by atoms with Gasteiger partial charge in [-0.2, -0.15) is 0 Å². The third-order valence-electron chi connectivity index (χ3n) is 3.81. The number of hydrogen-bond acceptors (Lipinski definition) is 6. The molecule has 7 heteroatoms. The molecule has 134 valence electrons. The molecule has 7 nitrogen and oxygen atoms in total. The highest BCUT2D eigenvalue weighted by Crippen LogP contribution is 2.42. The summed E-state index contributed by atoms with van der Waals surface area (Å²) in [6.07, 6.45) is 0. The second-order valence-electron chi connectivity index (χ2n) is 5.34. The number of amides is 1. The number of carbonyl (C=O) groups excluding carboxylic acids is 1. The molecule has 0 unspecified atom stereocenters. The first kappa shape index (κ1) is 17.3. The Labute approximate surface area is 150 Å². The second-order valence-corrected chi connectivity index (χ2v) is 5.34. The van der Waals surface area contributed by atoms with Crippen LogP contribution in [0.1, 0.15) is 10.5 Å². The van der Waals surface area contributed by atoms with E-state index in [9.17, 15) is 4.79 Å². The number of ether oxygens (including phenoxy) is 3. The molecule has 0 saturated heterocycles. The van der Waals surface area contributed by atoms with Crippen LogP contribution in [0.4, 0.5) is 0 Å². The first-order valence-corrected chi connectivity index (χ1v) is 7.75. The van der Waals surface area contributed by atoms with E-state index in [0.717, 1.165) is 5.56 Å². The quantitative estimate of drug-likeness (QED) is 0.730. The molecule has 1 amide bonds. The monoisotopic (exact) mass is 354 g/mol. The lowest BCUT2D eigenvalue weighted by atomic mass is 10.1. The van der Waals surface area contributed by atoms with Crippen LogP contribution in [-0.4, -0.2) is 32.2 Å². The van der Waals surface area contributed by atoms with Crippen molar-refractivity contribution in [3.8, 4) is 40.0 Å². The van der Waals surface area contributed by atoms with Crippen molar-refractivity contribution < 1.29 is 23.4 Å². The van der Waals surface area contributed by atoms with E-state index in [1.807, 2.05) is 30.3 Å². The number of carbonyl (C=O) groups is 1. The number of nitrogens with zero attached hydrogens (tertiary/aromatic N) is 1. The summed E-state index contributed by atoms with van der Waals surface area (Å²) < 4.78 is 21.9. The number of nitrogens with two attached hydrogens (primary N) is 1. The van der Waals surface area contributed by atoms with E-state index in [4.69, 9.17) is 24.4 Å². The smallest absolute Gasteiger partial charge is 0.271 e. The molecule has 3 rings (SSSR count). The van der Waals surface area contributed by atoms with Gasteiger partial charge in [0.1, 0.15) is 0 Å². The number of oxazole rings is 1. The molecule has 0 aliphatic carbocycles. The van der Waals surface area contributed by atoms with Crippen LogP contribution in [0.25, 0.3) is 22.8 Å². The highest BCUT2D eigenvalue weighted by atomic mass is 16.5. The lowest BCUT2D eigenvalue weighted by molar-refractivity contribution is 0.0996. The zero-order valence-electron chi connectivity index (χ0n) is 14.6. The summed E-state index contributed by atoms with van der Waals surface area (Å²) in [7, 11) is 4.52. The summed E-state index contributed by atoms with van der Waals surface area (Å²) in [5, 5.41) is 0. The summed E-state index contributed by atoms with van der Waals surface area (Å²) in [4.78, 5) is 16.1. The predicted octanol–water partition coefficient (Wildman–Crippen LogP) is 3.13. The Morgan fingerprint density at radius 3 is 2.08 bits per heavy atom. The molecule has 0 aliphatic heterocycles. The Balaban J connectivity index is 2.20. The van der Waals surface area contributed by atoms with Gasteiger partial charge in [0.05, 0.1) is 21.3 Å². The van der Waals surface area contributed by atoms with Crippen LogP contribution in [0.15, 0.2) is 46.9 Å². The van der Waals surface area contributed by atoms with Gasteiger partial charge in [0, 0.05) is 11.1 Å². The Kier molecular flexibility index (Phi) is 4.79. The van der Waals surface area contributed by atoms with Crippen molar-refractivity contribution in [3.63, 3.8) is 0 Å². The third kappa shape index (κ3) is 3.06. The lowest BCUT2D eigenvalue weighted by Crippen LogP contribution is -2.12. The molecule has 2 N–H and O–H groups in total. The highest BCUT2D eigenvalue weighted by molar-refractivity contribution is 5.97. The SMILES string of the molecule is COc1cc(-c2oc(-c3ccccc3)nc2C(N)=O)cc(OC)c1OC. The standard InChI is InChI=1S/C19H18N2O5/c1-23-13-9-12(10-14(24-2)17(13)25-3)16-15(18(20)22)21-19(26-16)11-7-5-4-6-8-11/h4-10H,1-3H3,(H2,20,22). The van der Waals surface area contributed by atoms with Crippen molar-refractivity contribution in [2.24, 2.45) is 5.73 Å². The van der Waals surface area contributed by atoms with Crippen molar-refractivity contribution in [1.29, 1.82) is 0 Å². The van der Waals surface area contributed by atoms with E-state index in [0.29, 0.717) is 28.7 Å². The number of hydrogen-bond donors (Lipinski definition) is 1. The minimum Gasteiger partial charge on any atom is -0.493 e. The number of primary amides is 1. The molecule has 1 heterocycles. The maximum atomic E-state index is 11.9. The normalized spacial score (nSPS) is 10.4. The lowest BCUT2D eigenvalue weighted by Gasteiger charge is -2.13. The molecular formula is C19H18N2O5. The van der Waals surface area contributed by atoms with Crippen molar-refractivity contribution in [1.82, 2.24) is 4.98 Å². The Bertz CT molecular complexity index is 909. The molecule has 0 spiro atoms. The molecule has 0 bridgehead atoms. The maximum Gasteiger partial charge on any atom is 0.271 e. The Morgan fingerprint density at radius 2 is 1.58 bits per heavy atom. The fourth-order valence-corrected chi connectivity index (χ4v) is 2.60. The molecular weight excluding hydrogens is 336 g/mol. The fourth-order valence-electron chi connectivity index (χ4n) is 2.60. The van der Waals surface area contributed by atoms with Gasteiger partial charge in [-0.3, -0.25) is 4.79 Å². The largest absolute Gasteiger partial charge is 0.493 e. The summed E-state index contributed by atoms with van der Waals surface area (Å²) in [5.41, 5.74) is 6.78. The average molecular weight is 354 g/mol. The van der Waals surface area contributed by atoms with Gasteiger partial charge >= 0.3 is 0 Å². The van der Waals surface area contributed by atoms with Crippen LogP contribution in [0.5, 0.6) is 17.2 Å². The van der Waals surface area contributed by atoms with E-state index in [-0.39, 0.29) is 11.5 Å². The van der Waals surface area contributed by atoms with Crippen LogP contribution < -0.4 is 19.9 Å². The third-order valence-corrected chi connectivity index (χ3v) is 3.81. The van der Waals surface area contributed by atoms with Gasteiger partial charge in [-0.15, -0.1) is 0 Å². The Hall–Kier alpha value is -3.48. The number of aromatic nitrogens is 1. The molecule has 0 atom stereocenters. The zero-order chi connectivity index (χ0) is 18.7. The fraction of sp³-hybridized carbons (Fsp3) is 0.158. The van der Waals surface area contributed by atoms with E-state index in [1.54, 1.807) is 12.1 Å². The van der Waals surface area contributed by atoms with Gasteiger partial charge in [0.15, 0.2) is 23.0 Å². The van der Waals surface area contributed by atoms with Gasteiger partial charge in [-0.05, 0) is 24.3 Å². The van der Waals surface area contributed by atoms with E-state index in [2.05, 4.69) is 4.98 Å². The second kappa shape index (κ2) is 7.18. The minimum absolute atomic E-state index is 0.0260. The highest BCUT2D eigenvalue weighted by Gasteiger charge is 2.23. The van der Waals surface area contributed by atoms with Gasteiger partial charge in [0.2, 0.25) is 11.6 Å². The number of benzene rings is 2. The molecule has 0 aliphatic rings. The predicted molar refractivity (Wildman–Crippen MR) is 95.5 cm³/mol. The number of rotatable bonds is 6. The molecule has 2 aromatic carbocycles. The van der Waals surface area contributed by atoms with Crippen LogP contribution in [0.3, 0.4) is 0 Å². The Morgan fingerprint density at radius 1 is 0.962 bits per heavy atom. The van der Waals surface area contributed by atoms with E-state index >= 15 is 0 Å². The van der Waals surface area contributed by atoms with Crippen LogP contribution >= 0.6 is 0 Å². The first-order chi connectivity index (χ1) is 12.6. The van der Waals surface area contributed by atoms with E-state index < -0.39 is 5.91 Å². The van der Waals surface area contributed by atoms with Crippen molar-refractivity contribution in [3.05, 3.63) is 48.2 Å². The van der Waals surface area contributed by atoms with Crippen LogP contribution in [0, 0.1) is 0 Å². The molecule has 0 fully saturated rings. The minimum atomic E-state index is -0.695.